The van der Waals surface area contributed by atoms with Gasteiger partial charge in [0.05, 0.1) is 16.7 Å². The first-order chi connectivity index (χ1) is 10.1. The molecule has 0 bridgehead atoms. The van der Waals surface area contributed by atoms with E-state index in [4.69, 9.17) is 11.6 Å². The Hall–Kier alpha value is -1.21. The van der Waals surface area contributed by atoms with Crippen molar-refractivity contribution in [2.45, 2.75) is 6.42 Å². The molecule has 1 heterocycles. The summed E-state index contributed by atoms with van der Waals surface area (Å²) in [5, 5.41) is 0. The minimum absolute atomic E-state index is 0.387. The number of nitrogens with zero attached hydrogens (tertiary/aromatic N) is 2. The third-order valence-electron chi connectivity index (χ3n) is 3.11. The third-order valence-corrected chi connectivity index (χ3v) is 3.97. The van der Waals surface area contributed by atoms with Crippen molar-refractivity contribution in [3.8, 4) is 5.69 Å². The molecule has 0 atom stereocenters. The fraction of sp³-hybridized carbons (Fsp3) is 0.133. The van der Waals surface area contributed by atoms with E-state index in [1.165, 1.54) is 12.1 Å². The topological polar surface area (TPSA) is 17.8 Å². The molecular weight excluding hydrogens is 409 g/mol. The number of aryl methyl sites for hydroxylation is 1. The average molecular weight is 419 g/mol. The molecule has 108 valence electrons. The van der Waals surface area contributed by atoms with Crippen LogP contribution in [0, 0.1) is 15.2 Å². The number of hydrogen-bond acceptors (Lipinski definition) is 1. The first-order valence-corrected chi connectivity index (χ1v) is 7.89. The molecule has 21 heavy (non-hydrogen) atoms. The van der Waals surface area contributed by atoms with E-state index in [0.717, 1.165) is 20.7 Å². The highest BCUT2D eigenvalue weighted by Gasteiger charge is 2.14. The van der Waals surface area contributed by atoms with Crippen LogP contribution in [0.25, 0.3) is 16.7 Å². The van der Waals surface area contributed by atoms with Crippen LogP contribution in [-0.4, -0.2) is 15.4 Å². The predicted molar refractivity (Wildman–Crippen MR) is 88.1 cm³/mol. The van der Waals surface area contributed by atoms with Gasteiger partial charge in [0.15, 0.2) is 0 Å². The van der Waals surface area contributed by atoms with Crippen LogP contribution in [0.1, 0.15) is 5.82 Å². The van der Waals surface area contributed by atoms with E-state index in [1.807, 2.05) is 18.2 Å². The van der Waals surface area contributed by atoms with Crippen molar-refractivity contribution in [2.24, 2.45) is 0 Å². The lowest BCUT2D eigenvalue weighted by atomic mass is 10.2. The normalized spacial score (nSPS) is 11.2. The lowest BCUT2D eigenvalue weighted by molar-refractivity contribution is 0.581. The highest BCUT2D eigenvalue weighted by Crippen LogP contribution is 2.25. The average Bonchev–Trinajstić information content (AvgIpc) is 2.75. The molecule has 0 saturated carbocycles. The number of benzene rings is 2. The van der Waals surface area contributed by atoms with Crippen LogP contribution in [-0.2, 0) is 6.42 Å². The second-order valence-electron chi connectivity index (χ2n) is 4.56. The first-order valence-electron chi connectivity index (χ1n) is 6.28. The van der Waals surface area contributed by atoms with Crippen molar-refractivity contribution in [3.05, 3.63) is 57.4 Å². The Bertz CT molecular complexity index is 797. The van der Waals surface area contributed by atoms with Crippen molar-refractivity contribution in [1.82, 2.24) is 9.55 Å². The zero-order chi connectivity index (χ0) is 15.0. The molecular formula is C15H10ClF2IN2. The Morgan fingerprint density at radius 1 is 1.10 bits per heavy atom. The zero-order valence-corrected chi connectivity index (χ0v) is 13.7. The molecule has 2 nitrogen and oxygen atoms in total. The minimum Gasteiger partial charge on any atom is -0.296 e. The Morgan fingerprint density at radius 2 is 1.81 bits per heavy atom. The second-order valence-corrected chi connectivity index (χ2v) is 6.19. The fourth-order valence-electron chi connectivity index (χ4n) is 2.31. The number of alkyl halides is 1. The fourth-order valence-corrected chi connectivity index (χ4v) is 2.96. The van der Waals surface area contributed by atoms with E-state index in [1.54, 1.807) is 4.57 Å². The van der Waals surface area contributed by atoms with Crippen molar-refractivity contribution in [3.63, 3.8) is 0 Å². The van der Waals surface area contributed by atoms with E-state index in [2.05, 4.69) is 27.6 Å². The predicted octanol–water partition coefficient (Wildman–Crippen LogP) is 4.69. The van der Waals surface area contributed by atoms with Gasteiger partial charge in [0.1, 0.15) is 17.5 Å². The van der Waals surface area contributed by atoms with E-state index >= 15 is 0 Å². The quantitative estimate of drug-likeness (QED) is 0.446. The molecule has 0 fully saturated rings. The number of rotatable bonds is 3. The number of halogens is 4. The molecule has 6 heteroatoms. The van der Waals surface area contributed by atoms with Crippen LogP contribution in [0.4, 0.5) is 8.78 Å². The van der Waals surface area contributed by atoms with E-state index in [-0.39, 0.29) is 0 Å². The van der Waals surface area contributed by atoms with Gasteiger partial charge in [-0.25, -0.2) is 13.8 Å². The highest BCUT2D eigenvalue weighted by molar-refractivity contribution is 14.1. The summed E-state index contributed by atoms with van der Waals surface area (Å²) in [7, 11) is 0. The molecule has 0 spiro atoms. The maximum atomic E-state index is 13.5. The van der Waals surface area contributed by atoms with Crippen LogP contribution in [0.5, 0.6) is 0 Å². The van der Waals surface area contributed by atoms with Crippen LogP contribution < -0.4 is 0 Å². The monoisotopic (exact) mass is 418 g/mol. The van der Waals surface area contributed by atoms with E-state index in [0.29, 0.717) is 23.8 Å². The van der Waals surface area contributed by atoms with Gasteiger partial charge in [-0.3, -0.25) is 4.57 Å². The van der Waals surface area contributed by atoms with Crippen molar-refractivity contribution in [1.29, 1.82) is 0 Å². The number of fused-ring (bicyclic) bond motifs is 1. The van der Waals surface area contributed by atoms with Crippen LogP contribution in [0.15, 0.2) is 36.4 Å². The number of hydrogen-bond donors (Lipinski definition) is 0. The minimum atomic E-state index is -0.616. The van der Waals surface area contributed by atoms with Gasteiger partial charge in [-0.1, -0.05) is 0 Å². The van der Waals surface area contributed by atoms with Gasteiger partial charge >= 0.3 is 0 Å². The summed E-state index contributed by atoms with van der Waals surface area (Å²) in [6, 6.07) is 9.19. The summed E-state index contributed by atoms with van der Waals surface area (Å²) >= 11 is 8.01. The molecule has 0 N–H and O–H groups in total. The molecule has 0 saturated heterocycles. The lowest BCUT2D eigenvalue weighted by Crippen LogP contribution is -2.03. The Balaban J connectivity index is 2.30. The molecule has 0 amide bonds. The van der Waals surface area contributed by atoms with Gasteiger partial charge in [-0.05, 0) is 52.9 Å². The zero-order valence-electron chi connectivity index (χ0n) is 10.8. The van der Waals surface area contributed by atoms with Crippen molar-refractivity contribution in [2.75, 3.05) is 5.88 Å². The van der Waals surface area contributed by atoms with E-state index < -0.39 is 11.6 Å². The summed E-state index contributed by atoms with van der Waals surface area (Å²) in [4.78, 5) is 4.53. The van der Waals surface area contributed by atoms with Crippen LogP contribution in [0.3, 0.4) is 0 Å². The summed E-state index contributed by atoms with van der Waals surface area (Å²) in [6.07, 6.45) is 0.519. The molecule has 0 radical (unpaired) electrons. The van der Waals surface area contributed by atoms with Gasteiger partial charge in [-0.2, -0.15) is 0 Å². The second kappa shape index (κ2) is 5.88. The molecule has 2 aromatic carbocycles. The SMILES string of the molecule is Fc1cc(F)cc(-n2c(CCCl)nc3cc(I)ccc32)c1. The summed E-state index contributed by atoms with van der Waals surface area (Å²) in [5.41, 5.74) is 2.00. The van der Waals surface area contributed by atoms with Crippen LogP contribution >= 0.6 is 34.2 Å². The van der Waals surface area contributed by atoms with Crippen molar-refractivity contribution >= 4 is 45.2 Å². The van der Waals surface area contributed by atoms with Gasteiger partial charge < -0.3 is 0 Å². The molecule has 0 unspecified atom stereocenters. The largest absolute Gasteiger partial charge is 0.296 e. The third kappa shape index (κ3) is 2.89. The number of imidazole rings is 1. The maximum absolute atomic E-state index is 13.5. The first kappa shape index (κ1) is 14.7. The van der Waals surface area contributed by atoms with Crippen molar-refractivity contribution < 1.29 is 8.78 Å². The summed E-state index contributed by atoms with van der Waals surface area (Å²) in [5.74, 6) is -0.159. The molecule has 3 rings (SSSR count). The maximum Gasteiger partial charge on any atom is 0.128 e. The van der Waals surface area contributed by atoms with Gasteiger partial charge in [0, 0.05) is 21.9 Å². The molecule has 1 aromatic heterocycles. The smallest absolute Gasteiger partial charge is 0.128 e. The Kier molecular flexibility index (Phi) is 4.12. The standard InChI is InChI=1S/C15H10ClF2IN2/c16-4-3-15-20-13-8-11(19)1-2-14(13)21(15)12-6-9(17)5-10(18)7-12/h1-2,5-8H,3-4H2. The summed E-state index contributed by atoms with van der Waals surface area (Å²) in [6.45, 7) is 0. The molecule has 3 aromatic rings. The highest BCUT2D eigenvalue weighted by atomic mass is 127. The summed E-state index contributed by atoms with van der Waals surface area (Å²) < 4.78 is 29.8. The van der Waals surface area contributed by atoms with E-state index in [9.17, 15) is 8.78 Å². The molecule has 0 aliphatic rings. The Labute approximate surface area is 138 Å². The van der Waals surface area contributed by atoms with Gasteiger partial charge in [0.2, 0.25) is 0 Å². The van der Waals surface area contributed by atoms with Gasteiger partial charge in [-0.15, -0.1) is 11.6 Å². The van der Waals surface area contributed by atoms with Crippen LogP contribution in [0.2, 0.25) is 0 Å². The number of aromatic nitrogens is 2. The molecule has 0 aliphatic heterocycles. The Morgan fingerprint density at radius 3 is 2.48 bits per heavy atom. The lowest BCUT2D eigenvalue weighted by Gasteiger charge is -2.09. The molecule has 0 aliphatic carbocycles. The van der Waals surface area contributed by atoms with Gasteiger partial charge in [0.25, 0.3) is 0 Å².